The van der Waals surface area contributed by atoms with Gasteiger partial charge in [-0.2, -0.15) is 0 Å². The molecule has 5 rings (SSSR count). The molecular formula is C25H25N. The maximum atomic E-state index is 2.70. The number of aryl methyl sites for hydroxylation is 1. The Morgan fingerprint density at radius 2 is 1.69 bits per heavy atom. The first-order valence-corrected chi connectivity index (χ1v) is 9.77. The van der Waals surface area contributed by atoms with Gasteiger partial charge in [-0.05, 0) is 60.0 Å². The summed E-state index contributed by atoms with van der Waals surface area (Å²) in [5.74, 6) is 0.743. The van der Waals surface area contributed by atoms with Crippen molar-refractivity contribution in [2.75, 3.05) is 6.54 Å². The highest BCUT2D eigenvalue weighted by Gasteiger charge is 2.40. The van der Waals surface area contributed by atoms with Crippen LogP contribution in [-0.2, 0) is 6.54 Å². The number of fused-ring (bicyclic) bond motifs is 5. The van der Waals surface area contributed by atoms with Crippen LogP contribution in [0.3, 0.4) is 0 Å². The van der Waals surface area contributed by atoms with Gasteiger partial charge in [0.25, 0.3) is 0 Å². The third-order valence-corrected chi connectivity index (χ3v) is 6.22. The van der Waals surface area contributed by atoms with Gasteiger partial charge in [-0.3, -0.25) is 4.90 Å². The fourth-order valence-corrected chi connectivity index (χ4v) is 4.90. The van der Waals surface area contributed by atoms with Crippen molar-refractivity contribution >= 4 is 0 Å². The summed E-state index contributed by atoms with van der Waals surface area (Å²) in [6.45, 7) is 4.42. The average molecular weight is 339 g/mol. The van der Waals surface area contributed by atoms with Gasteiger partial charge in [0.05, 0.1) is 0 Å². The lowest BCUT2D eigenvalue weighted by atomic mass is 9.93. The van der Waals surface area contributed by atoms with E-state index in [1.165, 1.54) is 41.6 Å². The lowest BCUT2D eigenvalue weighted by Gasteiger charge is -2.34. The molecule has 1 aliphatic carbocycles. The molecule has 1 fully saturated rings. The summed E-state index contributed by atoms with van der Waals surface area (Å²) in [7, 11) is 0. The van der Waals surface area contributed by atoms with Gasteiger partial charge < -0.3 is 0 Å². The van der Waals surface area contributed by atoms with E-state index in [2.05, 4.69) is 84.6 Å². The van der Waals surface area contributed by atoms with Gasteiger partial charge in [-0.25, -0.2) is 0 Å². The van der Waals surface area contributed by atoms with Crippen LogP contribution in [0.4, 0.5) is 0 Å². The average Bonchev–Trinajstić information content (AvgIpc) is 2.99. The second-order valence-corrected chi connectivity index (χ2v) is 7.87. The zero-order valence-electron chi connectivity index (χ0n) is 15.4. The van der Waals surface area contributed by atoms with Crippen LogP contribution in [0.5, 0.6) is 0 Å². The maximum absolute atomic E-state index is 2.70. The van der Waals surface area contributed by atoms with Gasteiger partial charge in [0.15, 0.2) is 0 Å². The zero-order valence-corrected chi connectivity index (χ0v) is 15.4. The molecule has 0 unspecified atom stereocenters. The van der Waals surface area contributed by atoms with Crippen molar-refractivity contribution < 1.29 is 0 Å². The molecule has 2 aliphatic rings. The first-order valence-electron chi connectivity index (χ1n) is 9.77. The smallest absolute Gasteiger partial charge is 0.0366 e. The van der Waals surface area contributed by atoms with Crippen LogP contribution in [-0.4, -0.2) is 11.4 Å². The molecule has 0 amide bonds. The molecule has 1 saturated heterocycles. The third kappa shape index (κ3) is 2.68. The van der Waals surface area contributed by atoms with Crippen LogP contribution >= 0.6 is 0 Å². The molecule has 0 aromatic heterocycles. The Hall–Kier alpha value is -2.38. The van der Waals surface area contributed by atoms with E-state index in [0.717, 1.165) is 12.5 Å². The minimum absolute atomic E-state index is 0.557. The van der Waals surface area contributed by atoms with Gasteiger partial charge in [-0.15, -0.1) is 0 Å². The van der Waals surface area contributed by atoms with Crippen LogP contribution in [0.1, 0.15) is 47.1 Å². The zero-order chi connectivity index (χ0) is 17.5. The second kappa shape index (κ2) is 6.41. The van der Waals surface area contributed by atoms with Gasteiger partial charge in [0.1, 0.15) is 0 Å². The van der Waals surface area contributed by atoms with Crippen molar-refractivity contribution in [3.05, 3.63) is 95.1 Å². The first-order chi connectivity index (χ1) is 12.8. The lowest BCUT2D eigenvalue weighted by Crippen LogP contribution is -2.31. The minimum Gasteiger partial charge on any atom is -0.292 e. The third-order valence-electron chi connectivity index (χ3n) is 6.22. The summed E-state index contributed by atoms with van der Waals surface area (Å²) < 4.78 is 0. The van der Waals surface area contributed by atoms with Crippen molar-refractivity contribution in [2.24, 2.45) is 0 Å². The van der Waals surface area contributed by atoms with Crippen molar-refractivity contribution in [3.8, 4) is 11.1 Å². The van der Waals surface area contributed by atoms with Gasteiger partial charge in [-0.1, -0.05) is 78.4 Å². The topological polar surface area (TPSA) is 3.24 Å². The summed E-state index contributed by atoms with van der Waals surface area (Å²) in [5, 5.41) is 0. The summed E-state index contributed by atoms with van der Waals surface area (Å²) in [5.41, 5.74) is 8.74. The fourth-order valence-electron chi connectivity index (χ4n) is 4.90. The quantitative estimate of drug-likeness (QED) is 0.557. The van der Waals surface area contributed by atoms with Gasteiger partial charge >= 0.3 is 0 Å². The van der Waals surface area contributed by atoms with E-state index < -0.39 is 0 Å². The summed E-state index contributed by atoms with van der Waals surface area (Å²) in [6, 6.07) is 27.5. The Morgan fingerprint density at radius 1 is 0.885 bits per heavy atom. The maximum Gasteiger partial charge on any atom is 0.0366 e. The Balaban J connectivity index is 1.55. The van der Waals surface area contributed by atoms with E-state index in [1.54, 1.807) is 11.1 Å². The number of hydrogen-bond acceptors (Lipinski definition) is 1. The molecule has 1 heterocycles. The summed E-state index contributed by atoms with van der Waals surface area (Å²) in [4.78, 5) is 2.70. The van der Waals surface area contributed by atoms with Crippen molar-refractivity contribution in [3.63, 3.8) is 0 Å². The lowest BCUT2D eigenvalue weighted by molar-refractivity contribution is 0.145. The molecule has 3 aromatic carbocycles. The van der Waals surface area contributed by atoms with Crippen molar-refractivity contribution in [1.82, 2.24) is 4.90 Å². The Kier molecular flexibility index (Phi) is 3.90. The van der Waals surface area contributed by atoms with E-state index in [-0.39, 0.29) is 0 Å². The van der Waals surface area contributed by atoms with Crippen LogP contribution in [0.2, 0.25) is 0 Å². The van der Waals surface area contributed by atoms with Crippen molar-refractivity contribution in [1.29, 1.82) is 0 Å². The van der Waals surface area contributed by atoms with E-state index in [1.807, 2.05) is 0 Å². The fraction of sp³-hybridized carbons (Fsp3) is 0.280. The molecule has 1 aliphatic heterocycles. The Labute approximate surface area is 156 Å². The van der Waals surface area contributed by atoms with Crippen LogP contribution < -0.4 is 0 Å². The molecule has 130 valence electrons. The van der Waals surface area contributed by atoms with E-state index in [4.69, 9.17) is 0 Å². The number of piperidine rings is 1. The molecule has 2 bridgehead atoms. The van der Waals surface area contributed by atoms with Crippen LogP contribution in [0.15, 0.2) is 72.8 Å². The molecule has 0 radical (unpaired) electrons. The SMILES string of the molecule is Cc1ccc(-c2cccc3c2[C@H]2C[C@H]3CCN2Cc2ccccc2)cc1. The highest BCUT2D eigenvalue weighted by molar-refractivity contribution is 5.71. The molecule has 0 N–H and O–H groups in total. The number of hydrogen-bond donors (Lipinski definition) is 0. The molecule has 3 aromatic rings. The monoisotopic (exact) mass is 339 g/mol. The standard InChI is InChI=1S/C25H25N/c1-18-10-12-20(13-11-18)22-8-5-9-23-21-14-15-26(24(16-21)25(22)23)17-19-6-3-2-4-7-19/h2-13,21,24H,14-17H2,1H3/t21-,24-/m1/s1. The predicted octanol–water partition coefficient (Wildman–Crippen LogP) is 6.10. The van der Waals surface area contributed by atoms with E-state index in [9.17, 15) is 0 Å². The highest BCUT2D eigenvalue weighted by Crippen LogP contribution is 2.52. The highest BCUT2D eigenvalue weighted by atomic mass is 15.2. The molecule has 26 heavy (non-hydrogen) atoms. The molecular weight excluding hydrogens is 314 g/mol. The number of rotatable bonds is 3. The summed E-state index contributed by atoms with van der Waals surface area (Å²) in [6.07, 6.45) is 2.57. The molecule has 2 atom stereocenters. The van der Waals surface area contributed by atoms with E-state index in [0.29, 0.717) is 6.04 Å². The first kappa shape index (κ1) is 15.8. The van der Waals surface area contributed by atoms with Crippen LogP contribution in [0, 0.1) is 6.92 Å². The molecule has 1 heteroatoms. The second-order valence-electron chi connectivity index (χ2n) is 7.87. The Morgan fingerprint density at radius 3 is 2.50 bits per heavy atom. The number of nitrogens with zero attached hydrogens (tertiary/aromatic N) is 1. The van der Waals surface area contributed by atoms with Gasteiger partial charge in [0.2, 0.25) is 0 Å². The predicted molar refractivity (Wildman–Crippen MR) is 108 cm³/mol. The Bertz CT molecular complexity index is 911. The van der Waals surface area contributed by atoms with Gasteiger partial charge in [0, 0.05) is 12.6 Å². The molecule has 0 saturated carbocycles. The minimum atomic E-state index is 0.557. The molecule has 1 nitrogen and oxygen atoms in total. The normalized spacial score (nSPS) is 21.6. The summed E-state index contributed by atoms with van der Waals surface area (Å²) >= 11 is 0. The van der Waals surface area contributed by atoms with Crippen LogP contribution in [0.25, 0.3) is 11.1 Å². The largest absolute Gasteiger partial charge is 0.292 e. The number of benzene rings is 3. The van der Waals surface area contributed by atoms with E-state index >= 15 is 0 Å². The number of likely N-dealkylation sites (tertiary alicyclic amines) is 1. The molecule has 0 spiro atoms. The van der Waals surface area contributed by atoms with Crippen molar-refractivity contribution in [2.45, 2.75) is 38.3 Å².